The highest BCUT2D eigenvalue weighted by Crippen LogP contribution is 2.30. The highest BCUT2D eigenvalue weighted by Gasteiger charge is 2.16. The van der Waals surface area contributed by atoms with Crippen molar-refractivity contribution in [2.45, 2.75) is 37.3 Å². The number of hydrogen-bond donors (Lipinski definition) is 3. The van der Waals surface area contributed by atoms with Crippen LogP contribution in [0.1, 0.15) is 31.9 Å². The van der Waals surface area contributed by atoms with Gasteiger partial charge in [-0.2, -0.15) is 0 Å². The summed E-state index contributed by atoms with van der Waals surface area (Å²) < 4.78 is 14.0. The molecule has 0 saturated carbocycles. The molecule has 0 aliphatic rings. The van der Waals surface area contributed by atoms with E-state index < -0.39 is 6.10 Å². The van der Waals surface area contributed by atoms with Crippen molar-refractivity contribution in [2.75, 3.05) is 18.9 Å². The molecule has 2 atom stereocenters. The molecule has 3 N–H and O–H groups in total. The summed E-state index contributed by atoms with van der Waals surface area (Å²) in [6, 6.07) is 4.89. The molecule has 0 spiro atoms. The molecule has 19 heavy (non-hydrogen) atoms. The average molecular weight is 287 g/mol. The van der Waals surface area contributed by atoms with E-state index in [0.717, 1.165) is 17.9 Å². The third-order valence-corrected chi connectivity index (χ3v) is 4.01. The van der Waals surface area contributed by atoms with Crippen LogP contribution in [0.4, 0.5) is 4.39 Å². The van der Waals surface area contributed by atoms with E-state index in [0.29, 0.717) is 11.3 Å². The Kier molecular flexibility index (Phi) is 7.38. The Hall–Kier alpha value is -0.620. The lowest BCUT2D eigenvalue weighted by molar-refractivity contribution is 0.113. The second-order valence-electron chi connectivity index (χ2n) is 4.47. The SMILES string of the molecule is CCCNC(C)c1c(F)cccc1SCC(O)CO. The number of aliphatic hydroxyl groups is 2. The Balaban J connectivity index is 2.82. The van der Waals surface area contributed by atoms with Crippen molar-refractivity contribution >= 4 is 11.8 Å². The van der Waals surface area contributed by atoms with Gasteiger partial charge in [-0.3, -0.25) is 0 Å². The Morgan fingerprint density at radius 1 is 1.42 bits per heavy atom. The highest BCUT2D eigenvalue weighted by molar-refractivity contribution is 7.99. The van der Waals surface area contributed by atoms with Crippen LogP contribution in [-0.4, -0.2) is 35.2 Å². The molecule has 3 nitrogen and oxygen atoms in total. The summed E-state index contributed by atoms with van der Waals surface area (Å²) in [5.41, 5.74) is 0.631. The maximum Gasteiger partial charge on any atom is 0.129 e. The van der Waals surface area contributed by atoms with Crippen LogP contribution in [-0.2, 0) is 0 Å². The summed E-state index contributed by atoms with van der Waals surface area (Å²) in [5, 5.41) is 21.5. The Labute approximate surface area is 118 Å². The van der Waals surface area contributed by atoms with Crippen LogP contribution < -0.4 is 5.32 Å². The molecule has 0 saturated heterocycles. The lowest BCUT2D eigenvalue weighted by Crippen LogP contribution is -2.21. The molecular formula is C14H22FNO2S. The van der Waals surface area contributed by atoms with Crippen LogP contribution in [0, 0.1) is 5.82 Å². The summed E-state index contributed by atoms with van der Waals surface area (Å²) in [6.45, 7) is 4.55. The van der Waals surface area contributed by atoms with Crippen molar-refractivity contribution < 1.29 is 14.6 Å². The zero-order valence-corrected chi connectivity index (χ0v) is 12.2. The van der Waals surface area contributed by atoms with Gasteiger partial charge in [0.25, 0.3) is 0 Å². The molecule has 1 aromatic rings. The van der Waals surface area contributed by atoms with E-state index in [9.17, 15) is 9.50 Å². The highest BCUT2D eigenvalue weighted by atomic mass is 32.2. The fourth-order valence-corrected chi connectivity index (χ4v) is 2.85. The topological polar surface area (TPSA) is 52.5 Å². The van der Waals surface area contributed by atoms with E-state index in [-0.39, 0.29) is 18.5 Å². The van der Waals surface area contributed by atoms with Crippen molar-refractivity contribution in [3.05, 3.63) is 29.6 Å². The molecule has 5 heteroatoms. The van der Waals surface area contributed by atoms with Gasteiger partial charge >= 0.3 is 0 Å². The molecule has 0 aliphatic carbocycles. The second-order valence-corrected chi connectivity index (χ2v) is 5.54. The molecule has 2 unspecified atom stereocenters. The largest absolute Gasteiger partial charge is 0.394 e. The number of hydrogen-bond acceptors (Lipinski definition) is 4. The smallest absolute Gasteiger partial charge is 0.129 e. The molecule has 0 heterocycles. The maximum absolute atomic E-state index is 14.0. The predicted octanol–water partition coefficient (Wildman–Crippen LogP) is 2.33. The van der Waals surface area contributed by atoms with Crippen LogP contribution in [0.5, 0.6) is 0 Å². The average Bonchev–Trinajstić information content (AvgIpc) is 2.42. The van der Waals surface area contributed by atoms with Gasteiger partial charge in [0, 0.05) is 22.3 Å². The number of aliphatic hydroxyl groups excluding tert-OH is 2. The molecule has 108 valence electrons. The van der Waals surface area contributed by atoms with Gasteiger partial charge in [0.1, 0.15) is 5.82 Å². The van der Waals surface area contributed by atoms with E-state index in [1.54, 1.807) is 6.07 Å². The quantitative estimate of drug-likeness (QED) is 0.642. The fourth-order valence-electron chi connectivity index (χ4n) is 1.76. The monoisotopic (exact) mass is 287 g/mol. The van der Waals surface area contributed by atoms with Crippen molar-refractivity contribution in [3.63, 3.8) is 0 Å². The second kappa shape index (κ2) is 8.53. The Morgan fingerprint density at radius 3 is 2.79 bits per heavy atom. The first-order valence-electron chi connectivity index (χ1n) is 6.53. The third kappa shape index (κ3) is 5.10. The molecule has 0 bridgehead atoms. The third-order valence-electron chi connectivity index (χ3n) is 2.79. The van der Waals surface area contributed by atoms with E-state index in [2.05, 4.69) is 12.2 Å². The van der Waals surface area contributed by atoms with Gasteiger partial charge in [-0.15, -0.1) is 11.8 Å². The number of halogens is 1. The minimum Gasteiger partial charge on any atom is -0.394 e. The number of benzene rings is 1. The predicted molar refractivity (Wildman–Crippen MR) is 76.9 cm³/mol. The van der Waals surface area contributed by atoms with Crippen LogP contribution in [0.2, 0.25) is 0 Å². The molecule has 0 aliphatic heterocycles. The summed E-state index contributed by atoms with van der Waals surface area (Å²) >= 11 is 1.37. The summed E-state index contributed by atoms with van der Waals surface area (Å²) in [6.07, 6.45) is 0.213. The minimum atomic E-state index is -0.778. The molecule has 0 radical (unpaired) electrons. The van der Waals surface area contributed by atoms with Gasteiger partial charge in [0.2, 0.25) is 0 Å². The molecule has 0 fully saturated rings. The molecular weight excluding hydrogens is 265 g/mol. The van der Waals surface area contributed by atoms with E-state index in [4.69, 9.17) is 5.11 Å². The fraction of sp³-hybridized carbons (Fsp3) is 0.571. The summed E-state index contributed by atoms with van der Waals surface area (Å²) in [4.78, 5) is 0.809. The molecule has 0 amide bonds. The summed E-state index contributed by atoms with van der Waals surface area (Å²) in [7, 11) is 0. The van der Waals surface area contributed by atoms with Crippen molar-refractivity contribution in [2.24, 2.45) is 0 Å². The van der Waals surface area contributed by atoms with Crippen LogP contribution >= 0.6 is 11.8 Å². The first-order chi connectivity index (χ1) is 9.10. The zero-order chi connectivity index (χ0) is 14.3. The first-order valence-corrected chi connectivity index (χ1v) is 7.52. The van der Waals surface area contributed by atoms with E-state index >= 15 is 0 Å². The minimum absolute atomic E-state index is 0.0741. The Morgan fingerprint density at radius 2 is 2.16 bits per heavy atom. The number of nitrogens with one attached hydrogen (secondary N) is 1. The number of rotatable bonds is 8. The van der Waals surface area contributed by atoms with Crippen molar-refractivity contribution in [1.29, 1.82) is 0 Å². The molecule has 1 rings (SSSR count). The zero-order valence-electron chi connectivity index (χ0n) is 11.4. The van der Waals surface area contributed by atoms with Crippen LogP contribution in [0.15, 0.2) is 23.1 Å². The first kappa shape index (κ1) is 16.4. The van der Waals surface area contributed by atoms with Gasteiger partial charge < -0.3 is 15.5 Å². The van der Waals surface area contributed by atoms with Crippen molar-refractivity contribution in [1.82, 2.24) is 5.32 Å². The normalized spacial score (nSPS) is 14.4. The lowest BCUT2D eigenvalue weighted by Gasteiger charge is -2.18. The lowest BCUT2D eigenvalue weighted by atomic mass is 10.1. The molecule has 0 aromatic heterocycles. The van der Waals surface area contributed by atoms with Gasteiger partial charge in [0.05, 0.1) is 12.7 Å². The number of thioether (sulfide) groups is 1. The summed E-state index contributed by atoms with van der Waals surface area (Å²) in [5.74, 6) is 0.118. The van der Waals surface area contributed by atoms with Crippen LogP contribution in [0.3, 0.4) is 0 Å². The van der Waals surface area contributed by atoms with Gasteiger partial charge in [-0.25, -0.2) is 4.39 Å². The van der Waals surface area contributed by atoms with Crippen LogP contribution in [0.25, 0.3) is 0 Å². The standard InChI is InChI=1S/C14H22FNO2S/c1-3-7-16-10(2)14-12(15)5-4-6-13(14)19-9-11(18)8-17/h4-6,10-11,16-18H,3,7-9H2,1-2H3. The van der Waals surface area contributed by atoms with E-state index in [1.807, 2.05) is 13.0 Å². The van der Waals surface area contributed by atoms with Gasteiger partial charge in [0.15, 0.2) is 0 Å². The van der Waals surface area contributed by atoms with Gasteiger partial charge in [-0.05, 0) is 32.0 Å². The molecule has 1 aromatic carbocycles. The van der Waals surface area contributed by atoms with E-state index in [1.165, 1.54) is 17.8 Å². The Bertz CT molecular complexity index is 390. The van der Waals surface area contributed by atoms with Crippen molar-refractivity contribution in [3.8, 4) is 0 Å². The maximum atomic E-state index is 14.0. The van der Waals surface area contributed by atoms with Gasteiger partial charge in [-0.1, -0.05) is 13.0 Å².